The van der Waals surface area contributed by atoms with Crippen molar-refractivity contribution in [3.05, 3.63) is 11.6 Å². The van der Waals surface area contributed by atoms with Crippen LogP contribution in [-0.2, 0) is 0 Å². The summed E-state index contributed by atoms with van der Waals surface area (Å²) >= 11 is 0. The number of aliphatic hydroxyl groups is 1. The second-order valence-electron chi connectivity index (χ2n) is 4.05. The van der Waals surface area contributed by atoms with Crippen molar-refractivity contribution in [2.45, 2.75) is 25.9 Å². The van der Waals surface area contributed by atoms with E-state index < -0.39 is 5.60 Å². The molecule has 0 atom stereocenters. The summed E-state index contributed by atoms with van der Waals surface area (Å²) in [5, 5.41) is 9.39. The monoisotopic (exact) mass is 179 g/mol. The van der Waals surface area contributed by atoms with Gasteiger partial charge in [-0.25, -0.2) is 0 Å². The maximum Gasteiger partial charge on any atom is 0.120 e. The van der Waals surface area contributed by atoms with Crippen LogP contribution in [0.1, 0.15) is 20.3 Å². The molecule has 0 aromatic carbocycles. The van der Waals surface area contributed by atoms with Gasteiger partial charge in [0.25, 0.3) is 0 Å². The highest BCUT2D eigenvalue weighted by Gasteiger charge is 2.08. The normalized spacial score (nSPS) is 18.9. The third kappa shape index (κ3) is 4.12. The molecule has 72 valence electrons. The van der Waals surface area contributed by atoms with Crippen LogP contribution in [0.15, 0.2) is 11.6 Å². The van der Waals surface area contributed by atoms with Crippen LogP contribution >= 0.6 is 0 Å². The van der Waals surface area contributed by atoms with E-state index in [1.807, 2.05) is 0 Å². The number of likely N-dealkylation sites (N-methyl/N-ethyl adjacent to an activating group) is 1. The fourth-order valence-electron chi connectivity index (χ4n) is 1.12. The van der Waals surface area contributed by atoms with Gasteiger partial charge >= 0.3 is 0 Å². The molecule has 0 saturated heterocycles. The third-order valence-corrected chi connectivity index (χ3v) is 1.94. The van der Waals surface area contributed by atoms with Gasteiger partial charge in [-0.1, -0.05) is 17.9 Å². The fraction of sp³-hybridized carbons (Fsp3) is 0.636. The van der Waals surface area contributed by atoms with Crippen LogP contribution in [0.2, 0.25) is 0 Å². The molecule has 0 radical (unpaired) electrons. The van der Waals surface area contributed by atoms with E-state index in [-0.39, 0.29) is 0 Å². The molecule has 1 rings (SSSR count). The van der Waals surface area contributed by atoms with E-state index in [1.165, 1.54) is 0 Å². The van der Waals surface area contributed by atoms with Gasteiger partial charge in [-0.2, -0.15) is 0 Å². The molecule has 0 aromatic heterocycles. The molecule has 0 amide bonds. The van der Waals surface area contributed by atoms with Gasteiger partial charge in [-0.05, 0) is 27.3 Å². The van der Waals surface area contributed by atoms with Crippen LogP contribution in [0.5, 0.6) is 0 Å². The Morgan fingerprint density at radius 1 is 1.54 bits per heavy atom. The van der Waals surface area contributed by atoms with Crippen LogP contribution in [0.25, 0.3) is 0 Å². The predicted octanol–water partition coefficient (Wildman–Crippen LogP) is 1.02. The van der Waals surface area contributed by atoms with Crippen LogP contribution in [0.3, 0.4) is 0 Å². The van der Waals surface area contributed by atoms with E-state index in [0.717, 1.165) is 25.1 Å². The van der Waals surface area contributed by atoms with E-state index >= 15 is 0 Å². The number of hydrogen-bond donors (Lipinski definition) is 1. The smallest absolute Gasteiger partial charge is 0.120 e. The van der Waals surface area contributed by atoms with Gasteiger partial charge in [0.2, 0.25) is 0 Å². The summed E-state index contributed by atoms with van der Waals surface area (Å²) in [6, 6.07) is 0. The van der Waals surface area contributed by atoms with E-state index in [0.29, 0.717) is 0 Å². The van der Waals surface area contributed by atoms with Gasteiger partial charge in [-0.3, -0.25) is 0 Å². The summed E-state index contributed by atoms with van der Waals surface area (Å²) in [5.41, 5.74) is 0.282. The predicted molar refractivity (Wildman–Crippen MR) is 54.3 cm³/mol. The maximum absolute atomic E-state index is 9.39. The number of nitrogens with zero attached hydrogens (tertiary/aromatic N) is 1. The van der Waals surface area contributed by atoms with Crippen molar-refractivity contribution >= 4 is 0 Å². The Morgan fingerprint density at radius 3 is 2.69 bits per heavy atom. The maximum atomic E-state index is 9.39. The lowest BCUT2D eigenvalue weighted by Gasteiger charge is -2.19. The first-order valence-electron chi connectivity index (χ1n) is 4.60. The molecule has 0 bridgehead atoms. The Hall–Kier alpha value is -0.780. The summed E-state index contributed by atoms with van der Waals surface area (Å²) in [6.07, 6.45) is 3.13. The first-order chi connectivity index (χ1) is 5.97. The molecule has 1 N–H and O–H groups in total. The molecule has 0 fully saturated rings. The molecule has 2 nitrogen and oxygen atoms in total. The zero-order chi connectivity index (χ0) is 9.90. The average molecular weight is 179 g/mol. The quantitative estimate of drug-likeness (QED) is 0.561. The summed E-state index contributed by atoms with van der Waals surface area (Å²) in [6.45, 7) is 5.44. The van der Waals surface area contributed by atoms with Gasteiger partial charge < -0.3 is 10.0 Å². The van der Waals surface area contributed by atoms with Crippen molar-refractivity contribution in [2.24, 2.45) is 0 Å². The first kappa shape index (κ1) is 10.3. The molecular formula is C11H17NO. The van der Waals surface area contributed by atoms with E-state index in [4.69, 9.17) is 0 Å². The van der Waals surface area contributed by atoms with E-state index in [9.17, 15) is 5.11 Å². The minimum Gasteiger partial charge on any atom is -0.378 e. The molecule has 0 saturated carbocycles. The van der Waals surface area contributed by atoms with Crippen LogP contribution < -0.4 is 0 Å². The molecular weight excluding hydrogens is 162 g/mol. The van der Waals surface area contributed by atoms with Crippen molar-refractivity contribution < 1.29 is 5.11 Å². The topological polar surface area (TPSA) is 23.5 Å². The van der Waals surface area contributed by atoms with Crippen LogP contribution in [-0.4, -0.2) is 35.7 Å². The Labute approximate surface area is 80.2 Å². The summed E-state index contributed by atoms with van der Waals surface area (Å²) in [7, 11) is 2.09. The van der Waals surface area contributed by atoms with Crippen LogP contribution in [0, 0.1) is 11.8 Å². The molecule has 1 heterocycles. The van der Waals surface area contributed by atoms with Gasteiger partial charge in [0.05, 0.1) is 0 Å². The molecule has 1 aliphatic heterocycles. The average Bonchev–Trinajstić information content (AvgIpc) is 2.02. The van der Waals surface area contributed by atoms with E-state index in [1.54, 1.807) is 13.8 Å². The highest BCUT2D eigenvalue weighted by Crippen LogP contribution is 2.08. The van der Waals surface area contributed by atoms with Gasteiger partial charge in [0, 0.05) is 18.7 Å². The highest BCUT2D eigenvalue weighted by molar-refractivity contribution is 5.32. The van der Waals surface area contributed by atoms with E-state index in [2.05, 4.69) is 29.9 Å². The second-order valence-corrected chi connectivity index (χ2v) is 4.05. The standard InChI is InChI=1S/C11H17NO/c1-11(2,13)7-4-10-5-8-12(3)9-6-10/h5,13H,6,8-9H2,1-3H3. The van der Waals surface area contributed by atoms with Crippen LogP contribution in [0.4, 0.5) is 0 Å². The zero-order valence-electron chi connectivity index (χ0n) is 8.59. The fourth-order valence-corrected chi connectivity index (χ4v) is 1.12. The second kappa shape index (κ2) is 3.95. The summed E-state index contributed by atoms with van der Waals surface area (Å²) in [5.74, 6) is 5.84. The summed E-state index contributed by atoms with van der Waals surface area (Å²) in [4.78, 5) is 2.25. The highest BCUT2D eigenvalue weighted by atomic mass is 16.3. The molecule has 13 heavy (non-hydrogen) atoms. The lowest BCUT2D eigenvalue weighted by Crippen LogP contribution is -2.24. The van der Waals surface area contributed by atoms with Gasteiger partial charge in [0.1, 0.15) is 5.60 Å². The lowest BCUT2D eigenvalue weighted by molar-refractivity contribution is 0.143. The SMILES string of the molecule is CN1CC=C(C#CC(C)(C)O)CC1. The first-order valence-corrected chi connectivity index (χ1v) is 4.60. The molecule has 1 aliphatic rings. The minimum absolute atomic E-state index is 0.871. The molecule has 0 spiro atoms. The van der Waals surface area contributed by atoms with Crippen molar-refractivity contribution in [2.75, 3.05) is 20.1 Å². The molecule has 0 aliphatic carbocycles. The number of hydrogen-bond acceptors (Lipinski definition) is 2. The summed E-state index contributed by atoms with van der Waals surface area (Å²) < 4.78 is 0. The van der Waals surface area contributed by atoms with Gasteiger partial charge in [-0.15, -0.1) is 0 Å². The van der Waals surface area contributed by atoms with Crippen molar-refractivity contribution in [1.29, 1.82) is 0 Å². The minimum atomic E-state index is -0.871. The van der Waals surface area contributed by atoms with Crippen molar-refractivity contribution in [3.8, 4) is 11.8 Å². The Bertz CT molecular complexity index is 262. The Balaban J connectivity index is 2.59. The van der Waals surface area contributed by atoms with Crippen molar-refractivity contribution in [3.63, 3.8) is 0 Å². The van der Waals surface area contributed by atoms with Crippen molar-refractivity contribution in [1.82, 2.24) is 4.90 Å². The Kier molecular flexibility index (Phi) is 3.13. The molecule has 0 unspecified atom stereocenters. The third-order valence-electron chi connectivity index (χ3n) is 1.94. The lowest BCUT2D eigenvalue weighted by atomic mass is 10.1. The zero-order valence-corrected chi connectivity index (χ0v) is 8.59. The Morgan fingerprint density at radius 2 is 2.23 bits per heavy atom. The van der Waals surface area contributed by atoms with Gasteiger partial charge in [0.15, 0.2) is 0 Å². The molecule has 2 heteroatoms. The largest absolute Gasteiger partial charge is 0.378 e. The number of rotatable bonds is 0. The molecule has 0 aromatic rings.